The van der Waals surface area contributed by atoms with Gasteiger partial charge in [-0.25, -0.2) is 0 Å². The van der Waals surface area contributed by atoms with Crippen LogP contribution >= 0.6 is 23.4 Å². The van der Waals surface area contributed by atoms with Crippen LogP contribution < -0.4 is 0 Å². The lowest BCUT2D eigenvalue weighted by Crippen LogP contribution is -2.18. The largest absolute Gasteiger partial charge is 0.393 e. The van der Waals surface area contributed by atoms with Crippen LogP contribution in [0.4, 0.5) is 0 Å². The van der Waals surface area contributed by atoms with Crippen molar-refractivity contribution >= 4 is 23.4 Å². The van der Waals surface area contributed by atoms with E-state index < -0.39 is 0 Å². The molecule has 0 spiro atoms. The topological polar surface area (TPSA) is 20.2 Å². The molecule has 48 valence electrons. The summed E-state index contributed by atoms with van der Waals surface area (Å²) in [5.41, 5.74) is 0. The molecule has 1 heterocycles. The molecular weight excluding hydrogens is 144 g/mol. The molecule has 0 bridgehead atoms. The Labute approximate surface area is 58.4 Å². The molecule has 1 saturated heterocycles. The van der Waals surface area contributed by atoms with E-state index in [1.54, 1.807) is 11.8 Å². The second-order valence-corrected chi connectivity index (χ2v) is 4.06. The molecular formula is C5H9ClOS. The molecule has 0 aromatic rings. The number of aliphatic hydroxyl groups excluding tert-OH is 1. The van der Waals surface area contributed by atoms with Crippen molar-refractivity contribution in [2.45, 2.75) is 23.7 Å². The number of hydrogen-bond donors (Lipinski definition) is 1. The quantitative estimate of drug-likeness (QED) is 0.531. The summed E-state index contributed by atoms with van der Waals surface area (Å²) in [6.07, 6.45) is 1.53. The van der Waals surface area contributed by atoms with Crippen LogP contribution in [0.5, 0.6) is 0 Å². The monoisotopic (exact) mass is 152 g/mol. The van der Waals surface area contributed by atoms with Gasteiger partial charge in [-0.1, -0.05) is 0 Å². The Morgan fingerprint density at radius 1 is 1.62 bits per heavy atom. The van der Waals surface area contributed by atoms with Gasteiger partial charge in [0.15, 0.2) is 0 Å². The third kappa shape index (κ3) is 1.84. The van der Waals surface area contributed by atoms with Crippen LogP contribution in [0.25, 0.3) is 0 Å². The average Bonchev–Trinajstić information content (AvgIpc) is 1.64. The fourth-order valence-electron chi connectivity index (χ4n) is 0.732. The maximum Gasteiger partial charge on any atom is 0.0813 e. The zero-order valence-electron chi connectivity index (χ0n) is 4.51. The van der Waals surface area contributed by atoms with E-state index >= 15 is 0 Å². The van der Waals surface area contributed by atoms with Crippen molar-refractivity contribution < 1.29 is 5.11 Å². The average molecular weight is 153 g/mol. The molecule has 0 aliphatic carbocycles. The van der Waals surface area contributed by atoms with Crippen LogP contribution in [0.2, 0.25) is 0 Å². The summed E-state index contributed by atoms with van der Waals surface area (Å²) < 4.78 is 0.152. The molecule has 2 atom stereocenters. The highest BCUT2D eigenvalue weighted by Crippen LogP contribution is 2.27. The van der Waals surface area contributed by atoms with Gasteiger partial charge >= 0.3 is 0 Å². The van der Waals surface area contributed by atoms with Gasteiger partial charge in [0.1, 0.15) is 0 Å². The summed E-state index contributed by atoms with van der Waals surface area (Å²) in [7, 11) is 0. The molecule has 1 aliphatic rings. The van der Waals surface area contributed by atoms with E-state index in [9.17, 15) is 0 Å². The number of hydrogen-bond acceptors (Lipinski definition) is 2. The highest BCUT2D eigenvalue weighted by molar-refractivity contribution is 8.01. The SMILES string of the molecule is O[C@@H]1CCS[C@@H](Cl)C1. The van der Waals surface area contributed by atoms with Crippen molar-refractivity contribution in [1.82, 2.24) is 0 Å². The maximum absolute atomic E-state index is 8.98. The molecule has 1 fully saturated rings. The van der Waals surface area contributed by atoms with E-state index in [0.717, 1.165) is 18.6 Å². The third-order valence-corrected chi connectivity index (χ3v) is 2.79. The molecule has 1 nitrogen and oxygen atoms in total. The summed E-state index contributed by atoms with van der Waals surface area (Å²) in [6.45, 7) is 0. The lowest BCUT2D eigenvalue weighted by atomic mass is 10.2. The first-order valence-corrected chi connectivity index (χ1v) is 4.21. The van der Waals surface area contributed by atoms with Gasteiger partial charge in [-0.3, -0.25) is 0 Å². The standard InChI is InChI=1S/C5H9ClOS/c6-5-3-4(7)1-2-8-5/h4-5,7H,1-3H2/t4-,5-/m1/s1. The molecule has 0 aromatic heterocycles. The fourth-order valence-corrected chi connectivity index (χ4v) is 2.23. The Balaban J connectivity index is 2.23. The van der Waals surface area contributed by atoms with Crippen molar-refractivity contribution in [2.24, 2.45) is 0 Å². The third-order valence-electron chi connectivity index (χ3n) is 1.21. The molecule has 0 saturated carbocycles. The van der Waals surface area contributed by atoms with E-state index in [4.69, 9.17) is 16.7 Å². The normalized spacial score (nSPS) is 39.8. The van der Waals surface area contributed by atoms with Crippen LogP contribution in [0.1, 0.15) is 12.8 Å². The molecule has 0 radical (unpaired) electrons. The van der Waals surface area contributed by atoms with E-state index in [1.165, 1.54) is 0 Å². The Hall–Kier alpha value is 0.600. The second-order valence-electron chi connectivity index (χ2n) is 1.96. The maximum atomic E-state index is 8.98. The first-order valence-electron chi connectivity index (χ1n) is 2.73. The van der Waals surface area contributed by atoms with Gasteiger partial charge in [0, 0.05) is 0 Å². The molecule has 0 amide bonds. The van der Waals surface area contributed by atoms with Crippen LogP contribution in [0.3, 0.4) is 0 Å². The van der Waals surface area contributed by atoms with Gasteiger partial charge in [-0.05, 0) is 18.6 Å². The molecule has 0 unspecified atom stereocenters. The Morgan fingerprint density at radius 2 is 2.38 bits per heavy atom. The highest BCUT2D eigenvalue weighted by Gasteiger charge is 2.17. The molecule has 1 rings (SSSR count). The summed E-state index contributed by atoms with van der Waals surface area (Å²) in [5.74, 6) is 1.01. The summed E-state index contributed by atoms with van der Waals surface area (Å²) in [6, 6.07) is 0. The van der Waals surface area contributed by atoms with Gasteiger partial charge in [0.2, 0.25) is 0 Å². The van der Waals surface area contributed by atoms with Crippen molar-refractivity contribution in [3.8, 4) is 0 Å². The highest BCUT2D eigenvalue weighted by atomic mass is 35.5. The predicted molar refractivity (Wildman–Crippen MR) is 37.3 cm³/mol. The number of aliphatic hydroxyl groups is 1. The summed E-state index contributed by atoms with van der Waals surface area (Å²) in [5, 5.41) is 8.98. The summed E-state index contributed by atoms with van der Waals surface area (Å²) in [4.78, 5) is 0. The Kier molecular flexibility index (Phi) is 2.47. The fraction of sp³-hybridized carbons (Fsp3) is 1.00. The van der Waals surface area contributed by atoms with Crippen molar-refractivity contribution in [3.05, 3.63) is 0 Å². The first-order chi connectivity index (χ1) is 3.79. The molecule has 3 heteroatoms. The number of alkyl halides is 1. The van der Waals surface area contributed by atoms with E-state index in [1.807, 2.05) is 0 Å². The Bertz CT molecular complexity index is 70.8. The summed E-state index contributed by atoms with van der Waals surface area (Å²) >= 11 is 7.44. The zero-order valence-corrected chi connectivity index (χ0v) is 6.08. The smallest absolute Gasteiger partial charge is 0.0813 e. The molecule has 1 aliphatic heterocycles. The van der Waals surface area contributed by atoms with Gasteiger partial charge in [0.25, 0.3) is 0 Å². The molecule has 1 N–H and O–H groups in total. The Morgan fingerprint density at radius 3 is 2.75 bits per heavy atom. The molecule has 0 aromatic carbocycles. The van der Waals surface area contributed by atoms with Crippen LogP contribution in [0.15, 0.2) is 0 Å². The van der Waals surface area contributed by atoms with Gasteiger partial charge in [0.05, 0.1) is 10.8 Å². The minimum atomic E-state index is -0.140. The van der Waals surface area contributed by atoms with E-state index in [-0.39, 0.29) is 10.8 Å². The number of rotatable bonds is 0. The zero-order chi connectivity index (χ0) is 5.98. The van der Waals surface area contributed by atoms with Crippen LogP contribution in [0, 0.1) is 0 Å². The molecule has 8 heavy (non-hydrogen) atoms. The minimum Gasteiger partial charge on any atom is -0.393 e. The van der Waals surface area contributed by atoms with Crippen molar-refractivity contribution in [2.75, 3.05) is 5.75 Å². The van der Waals surface area contributed by atoms with Gasteiger partial charge in [-0.15, -0.1) is 23.4 Å². The predicted octanol–water partition coefficient (Wildman–Crippen LogP) is 1.44. The number of thioether (sulfide) groups is 1. The number of halogens is 1. The van der Waals surface area contributed by atoms with Crippen LogP contribution in [-0.4, -0.2) is 21.7 Å². The van der Waals surface area contributed by atoms with Gasteiger partial charge < -0.3 is 5.11 Å². The first kappa shape index (κ1) is 6.72. The van der Waals surface area contributed by atoms with E-state index in [0.29, 0.717) is 0 Å². The second kappa shape index (κ2) is 2.95. The lowest BCUT2D eigenvalue weighted by molar-refractivity contribution is 0.163. The van der Waals surface area contributed by atoms with Crippen LogP contribution in [-0.2, 0) is 0 Å². The lowest BCUT2D eigenvalue weighted by Gasteiger charge is -2.19. The van der Waals surface area contributed by atoms with E-state index in [2.05, 4.69) is 0 Å². The van der Waals surface area contributed by atoms with Crippen molar-refractivity contribution in [1.29, 1.82) is 0 Å². The minimum absolute atomic E-state index is 0.140. The van der Waals surface area contributed by atoms with Crippen molar-refractivity contribution in [3.63, 3.8) is 0 Å². The van der Waals surface area contributed by atoms with Gasteiger partial charge in [-0.2, -0.15) is 0 Å².